The van der Waals surface area contributed by atoms with Crippen LogP contribution in [0, 0.1) is 5.82 Å². The molecule has 0 aliphatic carbocycles. The van der Waals surface area contributed by atoms with Crippen molar-refractivity contribution in [2.75, 3.05) is 32.7 Å². The number of hydrogen-bond donors (Lipinski definition) is 0. The van der Waals surface area contributed by atoms with Gasteiger partial charge in [0.15, 0.2) is 0 Å². The lowest BCUT2D eigenvalue weighted by molar-refractivity contribution is 0.0633. The number of amides is 1. The highest BCUT2D eigenvalue weighted by Gasteiger charge is 2.22. The zero-order valence-corrected chi connectivity index (χ0v) is 14.9. The highest BCUT2D eigenvalue weighted by Crippen LogP contribution is 2.13. The van der Waals surface area contributed by atoms with E-state index in [2.05, 4.69) is 28.3 Å². The van der Waals surface area contributed by atoms with Gasteiger partial charge in [-0.2, -0.15) is 0 Å². The molecule has 6 heteroatoms. The van der Waals surface area contributed by atoms with Gasteiger partial charge in [0.25, 0.3) is 5.91 Å². The fraction of sp³-hybridized carbons (Fsp3) is 0.474. The molecule has 0 spiro atoms. The van der Waals surface area contributed by atoms with Crippen molar-refractivity contribution in [2.45, 2.75) is 26.3 Å². The summed E-state index contributed by atoms with van der Waals surface area (Å²) in [6.07, 6.45) is 3.89. The average Bonchev–Trinajstić information content (AvgIpc) is 3.09. The van der Waals surface area contributed by atoms with Crippen molar-refractivity contribution in [1.82, 2.24) is 19.4 Å². The minimum atomic E-state index is -0.318. The number of piperazine rings is 1. The van der Waals surface area contributed by atoms with Gasteiger partial charge < -0.3 is 9.47 Å². The van der Waals surface area contributed by atoms with Gasteiger partial charge in [0.1, 0.15) is 11.6 Å². The normalized spacial score (nSPS) is 15.8. The van der Waals surface area contributed by atoms with Crippen LogP contribution in [0.5, 0.6) is 0 Å². The highest BCUT2D eigenvalue weighted by atomic mass is 19.1. The lowest BCUT2D eigenvalue weighted by Crippen LogP contribution is -2.49. The molecule has 1 saturated heterocycles. The lowest BCUT2D eigenvalue weighted by atomic mass is 10.2. The molecule has 1 fully saturated rings. The molecule has 1 aromatic carbocycles. The molecular weight excluding hydrogens is 319 g/mol. The van der Waals surface area contributed by atoms with Crippen LogP contribution < -0.4 is 0 Å². The third-order valence-electron chi connectivity index (χ3n) is 4.67. The Kier molecular flexibility index (Phi) is 5.48. The van der Waals surface area contributed by atoms with E-state index in [-0.39, 0.29) is 11.7 Å². The minimum absolute atomic E-state index is 0.0173. The summed E-state index contributed by atoms with van der Waals surface area (Å²) in [5, 5.41) is 0. The number of halogens is 1. The SMILES string of the molecule is CC(C)c1nccn1CCN1CCN(C(=O)c2ccc(F)cc2)CC1. The molecule has 25 heavy (non-hydrogen) atoms. The Labute approximate surface area is 148 Å². The Morgan fingerprint density at radius 1 is 1.12 bits per heavy atom. The summed E-state index contributed by atoms with van der Waals surface area (Å²) in [6, 6.07) is 5.77. The van der Waals surface area contributed by atoms with Gasteiger partial charge in [-0.25, -0.2) is 9.37 Å². The third kappa shape index (κ3) is 4.25. The topological polar surface area (TPSA) is 41.4 Å². The largest absolute Gasteiger partial charge is 0.336 e. The van der Waals surface area contributed by atoms with Gasteiger partial charge in [-0.15, -0.1) is 0 Å². The van der Waals surface area contributed by atoms with Crippen molar-refractivity contribution in [2.24, 2.45) is 0 Å². The summed E-state index contributed by atoms with van der Waals surface area (Å²) >= 11 is 0. The standard InChI is InChI=1S/C19H25FN4O/c1-15(2)18-21-7-8-23(18)12-9-22-10-13-24(14-11-22)19(25)16-3-5-17(20)6-4-16/h3-8,15H,9-14H2,1-2H3. The molecule has 0 saturated carbocycles. The predicted octanol–water partition coefficient (Wildman–Crippen LogP) is 2.60. The van der Waals surface area contributed by atoms with Crippen LogP contribution in [0.25, 0.3) is 0 Å². The van der Waals surface area contributed by atoms with Gasteiger partial charge in [-0.1, -0.05) is 13.8 Å². The maximum absolute atomic E-state index is 13.0. The fourth-order valence-corrected chi connectivity index (χ4v) is 3.21. The van der Waals surface area contributed by atoms with Gasteiger partial charge >= 0.3 is 0 Å². The van der Waals surface area contributed by atoms with E-state index in [4.69, 9.17) is 0 Å². The third-order valence-corrected chi connectivity index (χ3v) is 4.67. The van der Waals surface area contributed by atoms with E-state index in [0.29, 0.717) is 24.6 Å². The molecule has 2 heterocycles. The van der Waals surface area contributed by atoms with E-state index in [1.54, 1.807) is 12.1 Å². The zero-order valence-electron chi connectivity index (χ0n) is 14.9. The van der Waals surface area contributed by atoms with Crippen LogP contribution in [0.1, 0.15) is 35.9 Å². The van der Waals surface area contributed by atoms with E-state index in [9.17, 15) is 9.18 Å². The predicted molar refractivity (Wildman–Crippen MR) is 95.1 cm³/mol. The molecule has 1 aromatic heterocycles. The smallest absolute Gasteiger partial charge is 0.253 e. The monoisotopic (exact) mass is 344 g/mol. The van der Waals surface area contributed by atoms with Crippen LogP contribution in [0.15, 0.2) is 36.7 Å². The van der Waals surface area contributed by atoms with Crippen LogP contribution >= 0.6 is 0 Å². The molecular formula is C19H25FN4O. The summed E-state index contributed by atoms with van der Waals surface area (Å²) in [4.78, 5) is 21.1. The van der Waals surface area contributed by atoms with Crippen LogP contribution in [0.2, 0.25) is 0 Å². The lowest BCUT2D eigenvalue weighted by Gasteiger charge is -2.35. The number of hydrogen-bond acceptors (Lipinski definition) is 3. The maximum atomic E-state index is 13.0. The summed E-state index contributed by atoms with van der Waals surface area (Å²) in [5.41, 5.74) is 0.551. The Morgan fingerprint density at radius 3 is 2.44 bits per heavy atom. The van der Waals surface area contributed by atoms with Gasteiger partial charge in [-0.05, 0) is 24.3 Å². The molecule has 0 bridgehead atoms. The Balaban J connectivity index is 1.49. The van der Waals surface area contributed by atoms with E-state index in [0.717, 1.165) is 32.0 Å². The molecule has 134 valence electrons. The Morgan fingerprint density at radius 2 is 1.80 bits per heavy atom. The number of rotatable bonds is 5. The Bertz CT molecular complexity index is 702. The van der Waals surface area contributed by atoms with E-state index < -0.39 is 0 Å². The van der Waals surface area contributed by atoms with Crippen molar-refractivity contribution < 1.29 is 9.18 Å². The van der Waals surface area contributed by atoms with Crippen molar-refractivity contribution in [1.29, 1.82) is 0 Å². The number of carbonyl (C=O) groups is 1. The van der Waals surface area contributed by atoms with Crippen LogP contribution in [-0.2, 0) is 6.54 Å². The minimum Gasteiger partial charge on any atom is -0.336 e. The zero-order chi connectivity index (χ0) is 17.8. The Hall–Kier alpha value is -2.21. The molecule has 3 rings (SSSR count). The first-order chi connectivity index (χ1) is 12.0. The molecule has 0 unspecified atom stereocenters. The summed E-state index contributed by atoms with van der Waals surface area (Å²) in [6.45, 7) is 9.30. The van der Waals surface area contributed by atoms with Crippen LogP contribution in [0.3, 0.4) is 0 Å². The number of benzene rings is 1. The molecule has 1 amide bonds. The second kappa shape index (κ2) is 7.78. The molecule has 0 N–H and O–H groups in total. The van der Waals surface area contributed by atoms with Crippen molar-refractivity contribution in [3.05, 3.63) is 53.9 Å². The van der Waals surface area contributed by atoms with E-state index >= 15 is 0 Å². The van der Waals surface area contributed by atoms with Gasteiger partial charge in [0.2, 0.25) is 0 Å². The van der Waals surface area contributed by atoms with Gasteiger partial charge in [0, 0.05) is 63.1 Å². The van der Waals surface area contributed by atoms with Gasteiger partial charge in [-0.3, -0.25) is 9.69 Å². The quantitative estimate of drug-likeness (QED) is 0.837. The second-order valence-corrected chi connectivity index (χ2v) is 6.77. The molecule has 5 nitrogen and oxygen atoms in total. The number of nitrogens with zero attached hydrogens (tertiary/aromatic N) is 4. The number of aromatic nitrogens is 2. The van der Waals surface area contributed by atoms with Crippen LogP contribution in [0.4, 0.5) is 4.39 Å². The molecule has 0 radical (unpaired) electrons. The van der Waals surface area contributed by atoms with E-state index in [1.807, 2.05) is 17.3 Å². The highest BCUT2D eigenvalue weighted by molar-refractivity contribution is 5.94. The molecule has 0 atom stereocenters. The average molecular weight is 344 g/mol. The molecule has 1 aliphatic rings. The molecule has 2 aromatic rings. The first-order valence-corrected chi connectivity index (χ1v) is 8.83. The summed E-state index contributed by atoms with van der Waals surface area (Å²) in [5.74, 6) is 1.20. The van der Waals surface area contributed by atoms with Crippen LogP contribution in [-0.4, -0.2) is 58.0 Å². The number of imidazole rings is 1. The van der Waals surface area contributed by atoms with Crippen molar-refractivity contribution >= 4 is 5.91 Å². The van der Waals surface area contributed by atoms with Crippen molar-refractivity contribution in [3.63, 3.8) is 0 Å². The fourth-order valence-electron chi connectivity index (χ4n) is 3.21. The second-order valence-electron chi connectivity index (χ2n) is 6.77. The summed E-state index contributed by atoms with van der Waals surface area (Å²) in [7, 11) is 0. The van der Waals surface area contributed by atoms with E-state index in [1.165, 1.54) is 12.1 Å². The first-order valence-electron chi connectivity index (χ1n) is 8.83. The van der Waals surface area contributed by atoms with Gasteiger partial charge in [0.05, 0.1) is 0 Å². The summed E-state index contributed by atoms with van der Waals surface area (Å²) < 4.78 is 15.2. The maximum Gasteiger partial charge on any atom is 0.253 e. The molecule has 1 aliphatic heterocycles. The van der Waals surface area contributed by atoms with Crippen molar-refractivity contribution in [3.8, 4) is 0 Å². The first kappa shape index (κ1) is 17.6. The number of carbonyl (C=O) groups excluding carboxylic acids is 1.